The molecule has 5 nitrogen and oxygen atoms in total. The zero-order valence-electron chi connectivity index (χ0n) is 12.3. The fourth-order valence-electron chi connectivity index (χ4n) is 2.90. The van der Waals surface area contributed by atoms with Gasteiger partial charge in [0.15, 0.2) is 0 Å². The molecule has 1 aliphatic rings. The minimum atomic E-state index is -0.0154. The summed E-state index contributed by atoms with van der Waals surface area (Å²) in [6, 6.07) is 17.4. The summed E-state index contributed by atoms with van der Waals surface area (Å²) in [5.41, 5.74) is 3.23. The summed E-state index contributed by atoms with van der Waals surface area (Å²) in [4.78, 5) is 19.7. The molecule has 2 unspecified atom stereocenters. The molecule has 2 atom stereocenters. The highest BCUT2D eigenvalue weighted by Crippen LogP contribution is 2.47. The zero-order chi connectivity index (χ0) is 15.8. The van der Waals surface area contributed by atoms with E-state index < -0.39 is 0 Å². The molecule has 0 radical (unpaired) electrons. The summed E-state index contributed by atoms with van der Waals surface area (Å²) in [6.45, 7) is 0. The molecule has 0 aliphatic heterocycles. The maximum Gasteiger partial charge on any atom is 0.230 e. The van der Waals surface area contributed by atoms with Crippen LogP contribution in [0.25, 0.3) is 11.0 Å². The Balaban J connectivity index is 1.48. The second-order valence-electron chi connectivity index (χ2n) is 5.78. The first kappa shape index (κ1) is 13.5. The number of carbonyl (C=O) groups is 1. The summed E-state index contributed by atoms with van der Waals surface area (Å²) in [7, 11) is 0. The molecule has 4 rings (SSSR count). The molecule has 1 aromatic heterocycles. The van der Waals surface area contributed by atoms with E-state index in [1.807, 2.05) is 18.2 Å². The normalized spacial score (nSPS) is 19.3. The van der Waals surface area contributed by atoms with Crippen molar-refractivity contribution < 1.29 is 4.79 Å². The number of nitriles is 1. The number of hydrogen-bond donors (Lipinski definition) is 2. The van der Waals surface area contributed by atoms with E-state index in [9.17, 15) is 4.79 Å². The number of nitrogens with one attached hydrogen (secondary N) is 2. The molecule has 5 heteroatoms. The number of rotatable bonds is 3. The van der Waals surface area contributed by atoms with Gasteiger partial charge in [-0.2, -0.15) is 5.26 Å². The first-order valence-electron chi connectivity index (χ1n) is 7.50. The molecule has 2 aromatic carbocycles. The van der Waals surface area contributed by atoms with Gasteiger partial charge in [-0.3, -0.25) is 10.1 Å². The van der Waals surface area contributed by atoms with Gasteiger partial charge in [0.2, 0.25) is 11.9 Å². The van der Waals surface area contributed by atoms with Crippen molar-refractivity contribution in [1.82, 2.24) is 9.97 Å². The Hall–Kier alpha value is -3.13. The summed E-state index contributed by atoms with van der Waals surface area (Å²) >= 11 is 0. The number of aromatic amines is 1. The van der Waals surface area contributed by atoms with Gasteiger partial charge in [-0.05, 0) is 36.1 Å². The van der Waals surface area contributed by atoms with Crippen LogP contribution in [-0.4, -0.2) is 15.9 Å². The molecule has 1 saturated carbocycles. The minimum Gasteiger partial charge on any atom is -0.324 e. The zero-order valence-corrected chi connectivity index (χ0v) is 12.3. The first-order chi connectivity index (χ1) is 11.2. The van der Waals surface area contributed by atoms with Crippen LogP contribution in [0.1, 0.15) is 23.5 Å². The summed E-state index contributed by atoms with van der Waals surface area (Å²) < 4.78 is 0. The lowest BCUT2D eigenvalue weighted by molar-refractivity contribution is -0.117. The lowest BCUT2D eigenvalue weighted by atomic mass is 10.1. The molecule has 23 heavy (non-hydrogen) atoms. The van der Waals surface area contributed by atoms with Gasteiger partial charge in [-0.1, -0.05) is 30.3 Å². The van der Waals surface area contributed by atoms with Gasteiger partial charge in [-0.25, -0.2) is 4.98 Å². The number of carbonyl (C=O) groups excluding carboxylic acids is 1. The monoisotopic (exact) mass is 302 g/mol. The van der Waals surface area contributed by atoms with E-state index in [4.69, 9.17) is 5.26 Å². The van der Waals surface area contributed by atoms with E-state index in [0.717, 1.165) is 11.9 Å². The van der Waals surface area contributed by atoms with Gasteiger partial charge < -0.3 is 4.98 Å². The summed E-state index contributed by atoms with van der Waals surface area (Å²) in [5, 5.41) is 11.8. The molecule has 1 fully saturated rings. The lowest BCUT2D eigenvalue weighted by Crippen LogP contribution is -2.15. The number of nitrogens with zero attached hydrogens (tertiary/aromatic N) is 2. The number of hydrogen-bond acceptors (Lipinski definition) is 3. The Morgan fingerprint density at radius 2 is 2.09 bits per heavy atom. The predicted molar refractivity (Wildman–Crippen MR) is 86.7 cm³/mol. The van der Waals surface area contributed by atoms with Crippen LogP contribution in [-0.2, 0) is 4.79 Å². The third-order valence-electron chi connectivity index (χ3n) is 4.21. The van der Waals surface area contributed by atoms with Crippen LogP contribution in [0.2, 0.25) is 0 Å². The highest BCUT2D eigenvalue weighted by Gasteiger charge is 2.44. The van der Waals surface area contributed by atoms with Gasteiger partial charge >= 0.3 is 0 Å². The Bertz CT molecular complexity index is 923. The molecule has 1 heterocycles. The van der Waals surface area contributed by atoms with Crippen molar-refractivity contribution in [2.45, 2.75) is 12.3 Å². The van der Waals surface area contributed by atoms with Crippen molar-refractivity contribution in [3.05, 3.63) is 59.7 Å². The van der Waals surface area contributed by atoms with Crippen molar-refractivity contribution in [2.24, 2.45) is 5.92 Å². The average Bonchev–Trinajstić information content (AvgIpc) is 3.29. The molecule has 0 saturated heterocycles. The number of anilines is 1. The van der Waals surface area contributed by atoms with Crippen LogP contribution >= 0.6 is 0 Å². The van der Waals surface area contributed by atoms with Crippen LogP contribution in [0, 0.1) is 17.2 Å². The molecule has 2 N–H and O–H groups in total. The molecule has 1 amide bonds. The largest absolute Gasteiger partial charge is 0.324 e. The summed E-state index contributed by atoms with van der Waals surface area (Å²) in [6.07, 6.45) is 0.870. The quantitative estimate of drug-likeness (QED) is 0.779. The SMILES string of the molecule is N#Cc1ccc2[nH]c(NC(=O)C3CC3c3ccccc3)nc2c1. The molecular formula is C18H14N4O. The van der Waals surface area contributed by atoms with E-state index in [1.165, 1.54) is 5.56 Å². The average molecular weight is 302 g/mol. The fourth-order valence-corrected chi connectivity index (χ4v) is 2.90. The van der Waals surface area contributed by atoms with E-state index in [2.05, 4.69) is 33.5 Å². The van der Waals surface area contributed by atoms with Crippen molar-refractivity contribution in [3.63, 3.8) is 0 Å². The Morgan fingerprint density at radius 1 is 1.26 bits per heavy atom. The van der Waals surface area contributed by atoms with E-state index in [-0.39, 0.29) is 11.8 Å². The number of H-pyrrole nitrogens is 1. The summed E-state index contributed by atoms with van der Waals surface area (Å²) in [5.74, 6) is 0.711. The predicted octanol–water partition coefficient (Wildman–Crippen LogP) is 3.18. The van der Waals surface area contributed by atoms with Gasteiger partial charge in [-0.15, -0.1) is 0 Å². The van der Waals surface area contributed by atoms with Crippen LogP contribution in [0.15, 0.2) is 48.5 Å². The van der Waals surface area contributed by atoms with Gasteiger partial charge in [0.05, 0.1) is 22.7 Å². The van der Waals surface area contributed by atoms with Crippen molar-refractivity contribution in [1.29, 1.82) is 5.26 Å². The highest BCUT2D eigenvalue weighted by atomic mass is 16.2. The smallest absolute Gasteiger partial charge is 0.230 e. The lowest BCUT2D eigenvalue weighted by Gasteiger charge is -2.01. The van der Waals surface area contributed by atoms with Crippen molar-refractivity contribution >= 4 is 22.9 Å². The molecule has 0 bridgehead atoms. The molecule has 1 aliphatic carbocycles. The number of imidazole rings is 1. The number of amides is 1. The van der Waals surface area contributed by atoms with Crippen molar-refractivity contribution in [2.75, 3.05) is 5.32 Å². The van der Waals surface area contributed by atoms with Crippen LogP contribution in [0.5, 0.6) is 0 Å². The van der Waals surface area contributed by atoms with Gasteiger partial charge in [0.1, 0.15) is 0 Å². The number of benzene rings is 2. The maximum absolute atomic E-state index is 12.3. The molecule has 3 aromatic rings. The Morgan fingerprint density at radius 3 is 2.87 bits per heavy atom. The third kappa shape index (κ3) is 2.55. The Kier molecular flexibility index (Phi) is 3.09. The molecule has 0 spiro atoms. The van der Waals surface area contributed by atoms with E-state index in [1.54, 1.807) is 18.2 Å². The van der Waals surface area contributed by atoms with E-state index >= 15 is 0 Å². The molecular weight excluding hydrogens is 288 g/mol. The van der Waals surface area contributed by atoms with E-state index in [0.29, 0.717) is 22.9 Å². The first-order valence-corrected chi connectivity index (χ1v) is 7.50. The fraction of sp³-hybridized carbons (Fsp3) is 0.167. The number of fused-ring (bicyclic) bond motifs is 1. The highest BCUT2D eigenvalue weighted by molar-refractivity contribution is 5.95. The standard InChI is InChI=1S/C18H14N4O/c19-10-11-6-7-15-16(8-11)21-18(20-15)22-17(23)14-9-13(14)12-4-2-1-3-5-12/h1-8,13-14H,9H2,(H2,20,21,22,23). The maximum atomic E-state index is 12.3. The van der Waals surface area contributed by atoms with Gasteiger partial charge in [0, 0.05) is 5.92 Å². The Labute approximate surface area is 133 Å². The third-order valence-corrected chi connectivity index (χ3v) is 4.21. The molecule has 112 valence electrons. The van der Waals surface area contributed by atoms with Gasteiger partial charge in [0.25, 0.3) is 0 Å². The van der Waals surface area contributed by atoms with Crippen LogP contribution in [0.4, 0.5) is 5.95 Å². The minimum absolute atomic E-state index is 0.000261. The topological polar surface area (TPSA) is 81.6 Å². The van der Waals surface area contributed by atoms with Crippen LogP contribution < -0.4 is 5.32 Å². The van der Waals surface area contributed by atoms with Crippen LogP contribution in [0.3, 0.4) is 0 Å². The number of aromatic nitrogens is 2. The van der Waals surface area contributed by atoms with Crippen molar-refractivity contribution in [3.8, 4) is 6.07 Å². The second kappa shape index (κ2) is 5.25. The second-order valence-corrected chi connectivity index (χ2v) is 5.78.